The van der Waals surface area contributed by atoms with Crippen LogP contribution in [-0.4, -0.2) is 59.7 Å². The molecule has 37 heavy (non-hydrogen) atoms. The van der Waals surface area contributed by atoms with Gasteiger partial charge in [0, 0.05) is 18.8 Å². The van der Waals surface area contributed by atoms with Gasteiger partial charge in [0.15, 0.2) is 0 Å². The number of fused-ring (bicyclic) bond motifs is 2. The van der Waals surface area contributed by atoms with Crippen LogP contribution in [0.15, 0.2) is 30.3 Å². The summed E-state index contributed by atoms with van der Waals surface area (Å²) in [6.07, 6.45) is 7.57. The van der Waals surface area contributed by atoms with Gasteiger partial charge in [-0.1, -0.05) is 18.2 Å². The van der Waals surface area contributed by atoms with E-state index in [9.17, 15) is 14.7 Å². The Morgan fingerprint density at radius 2 is 2.11 bits per heavy atom. The minimum absolute atomic E-state index is 0.0484. The molecule has 0 bridgehead atoms. The zero-order valence-corrected chi connectivity index (χ0v) is 21.5. The van der Waals surface area contributed by atoms with Crippen molar-refractivity contribution in [1.29, 1.82) is 0 Å². The van der Waals surface area contributed by atoms with Gasteiger partial charge in [-0.05, 0) is 93.3 Å². The molecule has 2 atom stereocenters. The Labute approximate surface area is 218 Å². The topological polar surface area (TPSA) is 104 Å². The summed E-state index contributed by atoms with van der Waals surface area (Å²) in [4.78, 5) is 32.2. The summed E-state index contributed by atoms with van der Waals surface area (Å²) in [5.41, 5.74) is 4.32. The third-order valence-corrected chi connectivity index (χ3v) is 7.80. The molecule has 1 fully saturated rings. The molecule has 5 rings (SSSR count). The van der Waals surface area contributed by atoms with Crippen molar-refractivity contribution in [3.63, 3.8) is 0 Å². The number of amides is 1. The van der Waals surface area contributed by atoms with Crippen LogP contribution in [0.2, 0.25) is 0 Å². The number of benzene rings is 1. The Balaban J connectivity index is 1.17. The number of hydrogen-bond donors (Lipinski definition) is 3. The number of rotatable bonds is 9. The lowest BCUT2D eigenvalue weighted by molar-refractivity contribution is -0.138. The molecule has 198 valence electrons. The van der Waals surface area contributed by atoms with E-state index in [2.05, 4.69) is 27.7 Å². The molecule has 2 aromatic rings. The maximum Gasteiger partial charge on any atom is 0.305 e. The number of anilines is 1. The van der Waals surface area contributed by atoms with Crippen LogP contribution in [0.4, 0.5) is 5.82 Å². The standard InChI is InChI=1S/C29H38N4O4/c34-27(35)18-25(23-9-1-11-26-24(23)10-5-17-37-26)32-29(36)21-7-3-15-33(19-21)16-4-8-22-13-12-20-6-2-14-30-28(20)31-22/h1,9,11-13,21,25H,2-8,10,14-19H2,(H,30,31)(H,32,36)(H,34,35). The van der Waals surface area contributed by atoms with Gasteiger partial charge in [0.2, 0.25) is 5.91 Å². The SMILES string of the molecule is O=C(O)CC(NC(=O)C1CCCN(CCCc2ccc3c(n2)NCCC3)C1)c1cccc2c1CCCO2. The molecule has 4 heterocycles. The van der Waals surface area contributed by atoms with E-state index in [1.165, 1.54) is 5.56 Å². The molecule has 0 spiro atoms. The van der Waals surface area contributed by atoms with Crippen molar-refractivity contribution in [2.45, 2.75) is 63.8 Å². The number of piperidine rings is 1. The number of nitrogens with one attached hydrogen (secondary N) is 2. The number of carbonyl (C=O) groups excluding carboxylic acids is 1. The highest BCUT2D eigenvalue weighted by Gasteiger charge is 2.30. The summed E-state index contributed by atoms with van der Waals surface area (Å²) < 4.78 is 5.78. The summed E-state index contributed by atoms with van der Waals surface area (Å²) in [5.74, 6) is 0.748. The van der Waals surface area contributed by atoms with Crippen molar-refractivity contribution < 1.29 is 19.4 Å². The van der Waals surface area contributed by atoms with Crippen LogP contribution in [0.25, 0.3) is 0 Å². The van der Waals surface area contributed by atoms with Crippen molar-refractivity contribution in [2.75, 3.05) is 38.1 Å². The molecular formula is C29H38N4O4. The number of aromatic nitrogens is 1. The second-order valence-electron chi connectivity index (χ2n) is 10.5. The van der Waals surface area contributed by atoms with Gasteiger partial charge < -0.3 is 25.4 Å². The molecule has 0 radical (unpaired) electrons. The molecule has 3 aliphatic heterocycles. The largest absolute Gasteiger partial charge is 0.493 e. The fourth-order valence-corrected chi connectivity index (χ4v) is 5.91. The Bertz CT molecular complexity index is 1120. The Hall–Kier alpha value is -3.13. The number of nitrogens with zero attached hydrogens (tertiary/aromatic N) is 2. The van der Waals surface area contributed by atoms with Crippen molar-refractivity contribution >= 4 is 17.7 Å². The second kappa shape index (κ2) is 11.9. The summed E-state index contributed by atoms with van der Waals surface area (Å²) in [7, 11) is 0. The van der Waals surface area contributed by atoms with Gasteiger partial charge in [-0.15, -0.1) is 0 Å². The van der Waals surface area contributed by atoms with E-state index in [-0.39, 0.29) is 18.2 Å². The number of hydrogen-bond acceptors (Lipinski definition) is 6. The van der Waals surface area contributed by atoms with Crippen LogP contribution in [0, 0.1) is 5.92 Å². The van der Waals surface area contributed by atoms with Gasteiger partial charge in [0.05, 0.1) is 25.0 Å². The molecule has 8 heteroatoms. The smallest absolute Gasteiger partial charge is 0.305 e. The van der Waals surface area contributed by atoms with Crippen LogP contribution in [0.5, 0.6) is 5.75 Å². The minimum Gasteiger partial charge on any atom is -0.493 e. The molecule has 1 saturated heterocycles. The molecule has 1 aromatic heterocycles. The molecule has 0 saturated carbocycles. The molecule has 0 aliphatic carbocycles. The number of carboxylic acid groups (broad SMARTS) is 1. The third kappa shape index (κ3) is 6.42. The lowest BCUT2D eigenvalue weighted by Gasteiger charge is -2.33. The minimum atomic E-state index is -0.920. The first-order valence-electron chi connectivity index (χ1n) is 13.8. The number of ether oxygens (including phenoxy) is 1. The van der Waals surface area contributed by atoms with Crippen LogP contribution in [0.3, 0.4) is 0 Å². The highest BCUT2D eigenvalue weighted by atomic mass is 16.5. The highest BCUT2D eigenvalue weighted by molar-refractivity contribution is 5.80. The number of aryl methyl sites for hydroxylation is 2. The number of pyridine rings is 1. The molecule has 1 amide bonds. The summed E-state index contributed by atoms with van der Waals surface area (Å²) in [5, 5.41) is 16.1. The van der Waals surface area contributed by atoms with Crippen molar-refractivity contribution in [1.82, 2.24) is 15.2 Å². The number of carbonyl (C=O) groups is 2. The van der Waals surface area contributed by atoms with E-state index in [1.807, 2.05) is 18.2 Å². The van der Waals surface area contributed by atoms with E-state index in [0.29, 0.717) is 13.2 Å². The first kappa shape index (κ1) is 25.5. The van der Waals surface area contributed by atoms with Gasteiger partial charge in [0.25, 0.3) is 0 Å². The van der Waals surface area contributed by atoms with Gasteiger partial charge in [0.1, 0.15) is 11.6 Å². The van der Waals surface area contributed by atoms with E-state index in [4.69, 9.17) is 9.72 Å². The Morgan fingerprint density at radius 1 is 1.19 bits per heavy atom. The van der Waals surface area contributed by atoms with Crippen molar-refractivity contribution in [3.8, 4) is 5.75 Å². The average Bonchev–Trinajstić information content (AvgIpc) is 2.92. The number of likely N-dealkylation sites (tertiary alicyclic amines) is 1. The molecule has 3 N–H and O–H groups in total. The number of carboxylic acids is 1. The maximum atomic E-state index is 13.3. The van der Waals surface area contributed by atoms with Gasteiger partial charge in [-0.25, -0.2) is 4.98 Å². The van der Waals surface area contributed by atoms with E-state index in [1.54, 1.807) is 0 Å². The van der Waals surface area contributed by atoms with E-state index in [0.717, 1.165) is 99.4 Å². The van der Waals surface area contributed by atoms with Crippen LogP contribution in [0.1, 0.15) is 67.0 Å². The van der Waals surface area contributed by atoms with Crippen LogP contribution >= 0.6 is 0 Å². The van der Waals surface area contributed by atoms with Gasteiger partial charge >= 0.3 is 5.97 Å². The fourth-order valence-electron chi connectivity index (χ4n) is 5.91. The lowest BCUT2D eigenvalue weighted by atomic mass is 9.91. The summed E-state index contributed by atoms with van der Waals surface area (Å²) >= 11 is 0. The van der Waals surface area contributed by atoms with Crippen molar-refractivity contribution in [2.24, 2.45) is 5.92 Å². The molecule has 3 aliphatic rings. The average molecular weight is 507 g/mol. The second-order valence-corrected chi connectivity index (χ2v) is 10.5. The normalized spacial score (nSPS) is 20.1. The van der Waals surface area contributed by atoms with Crippen molar-refractivity contribution in [3.05, 3.63) is 52.7 Å². The number of aliphatic carboxylic acids is 1. The van der Waals surface area contributed by atoms with E-state index < -0.39 is 12.0 Å². The molecule has 1 aromatic carbocycles. The quantitative estimate of drug-likeness (QED) is 0.476. The first-order chi connectivity index (χ1) is 18.1. The summed E-state index contributed by atoms with van der Waals surface area (Å²) in [6.45, 7) is 4.29. The maximum absolute atomic E-state index is 13.3. The van der Waals surface area contributed by atoms with Crippen LogP contribution in [-0.2, 0) is 28.9 Å². The predicted octanol–water partition coefficient (Wildman–Crippen LogP) is 3.74. The zero-order chi connectivity index (χ0) is 25.6. The summed E-state index contributed by atoms with van der Waals surface area (Å²) in [6, 6.07) is 9.53. The monoisotopic (exact) mass is 506 g/mol. The predicted molar refractivity (Wildman–Crippen MR) is 142 cm³/mol. The molecule has 8 nitrogen and oxygen atoms in total. The highest BCUT2D eigenvalue weighted by Crippen LogP contribution is 2.33. The van der Waals surface area contributed by atoms with Gasteiger partial charge in [-0.3, -0.25) is 9.59 Å². The van der Waals surface area contributed by atoms with Crippen LogP contribution < -0.4 is 15.4 Å². The zero-order valence-electron chi connectivity index (χ0n) is 21.5. The fraction of sp³-hybridized carbons (Fsp3) is 0.552. The Morgan fingerprint density at radius 3 is 3.00 bits per heavy atom. The van der Waals surface area contributed by atoms with Gasteiger partial charge in [-0.2, -0.15) is 0 Å². The lowest BCUT2D eigenvalue weighted by Crippen LogP contribution is -2.44. The van der Waals surface area contributed by atoms with E-state index >= 15 is 0 Å². The molecule has 2 unspecified atom stereocenters. The molecular weight excluding hydrogens is 468 g/mol. The first-order valence-corrected chi connectivity index (χ1v) is 13.8. The third-order valence-electron chi connectivity index (χ3n) is 7.80. The Kier molecular flexibility index (Phi) is 8.24.